The van der Waals surface area contributed by atoms with E-state index >= 15 is 0 Å². The van der Waals surface area contributed by atoms with Gasteiger partial charge < -0.3 is 5.11 Å². The Morgan fingerprint density at radius 1 is 1.50 bits per heavy atom. The quantitative estimate of drug-likeness (QED) is 0.621. The highest BCUT2D eigenvalue weighted by Crippen LogP contribution is 2.14. The average Bonchev–Trinajstić information content (AvgIpc) is 2.16. The fourth-order valence-electron chi connectivity index (χ4n) is 1.59. The first kappa shape index (κ1) is 9.00. The van der Waals surface area contributed by atoms with E-state index in [-0.39, 0.29) is 5.71 Å². The predicted octanol–water partition coefficient (Wildman–Crippen LogP) is -0.0898. The normalized spacial score (nSPS) is 14.4. The topological polar surface area (TPSA) is 49.7 Å². The van der Waals surface area contributed by atoms with Crippen molar-refractivity contribution >= 4 is 25.0 Å². The molecule has 68 valence electrons. The second-order valence-electron chi connectivity index (χ2n) is 3.20. The van der Waals surface area contributed by atoms with Crippen molar-refractivity contribution in [1.29, 1.82) is 0 Å². The molecule has 1 N–H and O–H groups in total. The predicted molar refractivity (Wildman–Crippen MR) is 54.6 cm³/mol. The highest BCUT2D eigenvalue weighted by atomic mass is 16.4. The number of aliphatic carboxylic acids is 1. The number of aliphatic imine (C=N–C) groups is 1. The van der Waals surface area contributed by atoms with E-state index < -0.39 is 5.97 Å². The summed E-state index contributed by atoms with van der Waals surface area (Å²) in [6.07, 6.45) is 0.784. The molecule has 14 heavy (non-hydrogen) atoms. The minimum Gasteiger partial charge on any atom is -0.477 e. The van der Waals surface area contributed by atoms with Gasteiger partial charge in [0.25, 0.3) is 0 Å². The van der Waals surface area contributed by atoms with Crippen LogP contribution in [0.5, 0.6) is 0 Å². The Morgan fingerprint density at radius 2 is 2.29 bits per heavy atom. The first-order chi connectivity index (χ1) is 6.68. The number of nitrogens with zero attached hydrogens (tertiary/aromatic N) is 1. The number of hydrogen-bond donors (Lipinski definition) is 1. The van der Waals surface area contributed by atoms with Crippen molar-refractivity contribution < 1.29 is 9.90 Å². The monoisotopic (exact) mass is 185 g/mol. The van der Waals surface area contributed by atoms with E-state index in [9.17, 15) is 4.79 Å². The second-order valence-corrected chi connectivity index (χ2v) is 3.20. The molecule has 0 amide bonds. The minimum atomic E-state index is -0.989. The van der Waals surface area contributed by atoms with Crippen LogP contribution in [0.15, 0.2) is 23.2 Å². The van der Waals surface area contributed by atoms with Crippen LogP contribution in [0.1, 0.15) is 11.1 Å². The van der Waals surface area contributed by atoms with Gasteiger partial charge in [-0.2, -0.15) is 0 Å². The highest BCUT2D eigenvalue weighted by Gasteiger charge is 2.19. The van der Waals surface area contributed by atoms with Crippen LogP contribution >= 0.6 is 0 Å². The van der Waals surface area contributed by atoms with Crippen molar-refractivity contribution in [3.8, 4) is 0 Å². The molecule has 0 saturated heterocycles. The Balaban J connectivity index is 2.56. The molecule has 0 saturated carbocycles. The molecule has 1 aromatic carbocycles. The third-order valence-electron chi connectivity index (χ3n) is 2.24. The van der Waals surface area contributed by atoms with Gasteiger partial charge in [-0.05, 0) is 12.0 Å². The number of carbonyl (C=O) groups is 1. The SMILES string of the molecule is [B]c1ccc2c(c1)C(C(=O)O)=NCC2. The summed E-state index contributed by atoms with van der Waals surface area (Å²) in [7, 11) is 5.60. The Morgan fingerprint density at radius 3 is 3.00 bits per heavy atom. The third kappa shape index (κ3) is 1.43. The Kier molecular flexibility index (Phi) is 2.12. The van der Waals surface area contributed by atoms with Gasteiger partial charge in [-0.25, -0.2) is 4.79 Å². The molecule has 0 aromatic heterocycles. The molecule has 2 radical (unpaired) electrons. The van der Waals surface area contributed by atoms with Gasteiger partial charge in [0.05, 0.1) is 0 Å². The van der Waals surface area contributed by atoms with Gasteiger partial charge in [0.2, 0.25) is 0 Å². The van der Waals surface area contributed by atoms with Gasteiger partial charge in [-0.15, -0.1) is 0 Å². The molecule has 0 unspecified atom stereocenters. The first-order valence-corrected chi connectivity index (χ1v) is 4.35. The summed E-state index contributed by atoms with van der Waals surface area (Å²) in [5.74, 6) is -0.989. The summed E-state index contributed by atoms with van der Waals surface area (Å²) in [5.41, 5.74) is 2.36. The number of carboxylic acids is 1. The molecule has 0 bridgehead atoms. The fourth-order valence-corrected chi connectivity index (χ4v) is 1.59. The molecule has 0 fully saturated rings. The molecular formula is C10H8BNO2. The number of benzene rings is 1. The summed E-state index contributed by atoms with van der Waals surface area (Å²) < 4.78 is 0. The number of fused-ring (bicyclic) bond motifs is 1. The molecule has 0 aliphatic carbocycles. The summed E-state index contributed by atoms with van der Waals surface area (Å²) in [4.78, 5) is 14.8. The zero-order valence-corrected chi connectivity index (χ0v) is 7.53. The molecule has 2 rings (SSSR count). The van der Waals surface area contributed by atoms with E-state index in [0.717, 1.165) is 12.0 Å². The Labute approximate surface area is 82.9 Å². The zero-order valence-electron chi connectivity index (χ0n) is 7.53. The lowest BCUT2D eigenvalue weighted by atomic mass is 9.88. The standard InChI is InChI=1S/C10H8BNO2/c11-7-2-1-6-3-4-12-9(10(13)14)8(6)5-7/h1-2,5H,3-4H2,(H,13,14). The maximum Gasteiger partial charge on any atom is 0.354 e. The summed E-state index contributed by atoms with van der Waals surface area (Å²) in [6, 6.07) is 5.31. The Bertz CT molecular complexity index is 426. The highest BCUT2D eigenvalue weighted by molar-refractivity contribution is 6.44. The molecular weight excluding hydrogens is 177 g/mol. The van der Waals surface area contributed by atoms with Crippen LogP contribution in [0.2, 0.25) is 0 Å². The van der Waals surface area contributed by atoms with Gasteiger partial charge in [0, 0.05) is 12.1 Å². The van der Waals surface area contributed by atoms with Crippen LogP contribution in [0.3, 0.4) is 0 Å². The van der Waals surface area contributed by atoms with Gasteiger partial charge in [-0.1, -0.05) is 23.7 Å². The van der Waals surface area contributed by atoms with Gasteiger partial charge in [0.1, 0.15) is 7.85 Å². The molecule has 1 aromatic rings. The second kappa shape index (κ2) is 3.29. The van der Waals surface area contributed by atoms with Gasteiger partial charge >= 0.3 is 5.97 Å². The van der Waals surface area contributed by atoms with Crippen LogP contribution in [0.4, 0.5) is 0 Å². The summed E-state index contributed by atoms with van der Waals surface area (Å²) in [5, 5.41) is 8.90. The van der Waals surface area contributed by atoms with Crippen LogP contribution in [-0.4, -0.2) is 31.2 Å². The van der Waals surface area contributed by atoms with Crippen molar-refractivity contribution in [2.45, 2.75) is 6.42 Å². The van der Waals surface area contributed by atoms with E-state index in [1.165, 1.54) is 0 Å². The van der Waals surface area contributed by atoms with Crippen LogP contribution in [-0.2, 0) is 11.2 Å². The van der Waals surface area contributed by atoms with Crippen molar-refractivity contribution in [3.63, 3.8) is 0 Å². The smallest absolute Gasteiger partial charge is 0.354 e. The van der Waals surface area contributed by atoms with Crippen molar-refractivity contribution in [2.75, 3.05) is 6.54 Å². The van der Waals surface area contributed by atoms with E-state index in [2.05, 4.69) is 4.99 Å². The molecule has 1 aliphatic rings. The molecule has 1 heterocycles. The molecule has 3 nitrogen and oxygen atoms in total. The fraction of sp³-hybridized carbons (Fsp3) is 0.200. The molecule has 0 spiro atoms. The van der Waals surface area contributed by atoms with E-state index in [1.807, 2.05) is 6.07 Å². The van der Waals surface area contributed by atoms with Crippen molar-refractivity contribution in [2.24, 2.45) is 4.99 Å². The van der Waals surface area contributed by atoms with E-state index in [0.29, 0.717) is 17.6 Å². The van der Waals surface area contributed by atoms with Crippen molar-refractivity contribution in [3.05, 3.63) is 29.3 Å². The number of carboxylic acid groups (broad SMARTS) is 1. The van der Waals surface area contributed by atoms with E-state index in [4.69, 9.17) is 13.0 Å². The Hall–Kier alpha value is -1.58. The lowest BCUT2D eigenvalue weighted by molar-refractivity contribution is -0.129. The third-order valence-corrected chi connectivity index (χ3v) is 2.24. The van der Waals surface area contributed by atoms with Gasteiger partial charge in [0.15, 0.2) is 5.71 Å². The van der Waals surface area contributed by atoms with Crippen LogP contribution in [0.25, 0.3) is 0 Å². The number of rotatable bonds is 1. The maximum atomic E-state index is 10.9. The molecule has 0 atom stereocenters. The van der Waals surface area contributed by atoms with E-state index in [1.54, 1.807) is 12.1 Å². The largest absolute Gasteiger partial charge is 0.477 e. The lowest BCUT2D eigenvalue weighted by Gasteiger charge is -2.14. The summed E-state index contributed by atoms with van der Waals surface area (Å²) in [6.45, 7) is 0.540. The maximum absolute atomic E-state index is 10.9. The van der Waals surface area contributed by atoms with Crippen LogP contribution in [0, 0.1) is 0 Å². The molecule has 4 heteroatoms. The van der Waals surface area contributed by atoms with Gasteiger partial charge in [-0.3, -0.25) is 4.99 Å². The minimum absolute atomic E-state index is 0.124. The molecule has 1 aliphatic heterocycles. The zero-order chi connectivity index (χ0) is 10.1. The number of hydrogen-bond acceptors (Lipinski definition) is 2. The average molecular weight is 185 g/mol. The lowest BCUT2D eigenvalue weighted by Crippen LogP contribution is -2.23. The van der Waals surface area contributed by atoms with Crippen molar-refractivity contribution in [1.82, 2.24) is 0 Å². The summed E-state index contributed by atoms with van der Waals surface area (Å²) >= 11 is 0. The first-order valence-electron chi connectivity index (χ1n) is 4.35. The van der Waals surface area contributed by atoms with Crippen LogP contribution < -0.4 is 5.46 Å².